The van der Waals surface area contributed by atoms with E-state index in [1.54, 1.807) is 17.8 Å². The summed E-state index contributed by atoms with van der Waals surface area (Å²) < 4.78 is 27.0. The highest BCUT2D eigenvalue weighted by Gasteiger charge is 2.10. The fourth-order valence-electron chi connectivity index (χ4n) is 1.36. The number of benzene rings is 1. The van der Waals surface area contributed by atoms with Gasteiger partial charge in [0, 0.05) is 30.2 Å². The van der Waals surface area contributed by atoms with Gasteiger partial charge in [0.25, 0.3) is 0 Å². The third-order valence-electron chi connectivity index (χ3n) is 2.23. The van der Waals surface area contributed by atoms with Crippen LogP contribution in [0.15, 0.2) is 24.8 Å². The smallest absolute Gasteiger partial charge is 0.131 e. The minimum atomic E-state index is -0.683. The summed E-state index contributed by atoms with van der Waals surface area (Å²) in [6.45, 7) is 4.39. The molecule has 0 saturated carbocycles. The first-order chi connectivity index (χ1) is 8.69. The van der Waals surface area contributed by atoms with Gasteiger partial charge in [-0.05, 0) is 12.1 Å². The molecule has 0 heterocycles. The molecule has 2 nitrogen and oxygen atoms in total. The Labute approximate surface area is 110 Å². The van der Waals surface area contributed by atoms with E-state index in [4.69, 9.17) is 5.26 Å². The van der Waals surface area contributed by atoms with Crippen LogP contribution in [0.4, 0.5) is 8.78 Å². The quantitative estimate of drug-likeness (QED) is 0.610. The molecule has 0 bridgehead atoms. The summed E-state index contributed by atoms with van der Waals surface area (Å²) in [5.74, 6) is 0.350. The zero-order valence-corrected chi connectivity index (χ0v) is 10.7. The molecule has 1 aromatic rings. The van der Waals surface area contributed by atoms with Crippen molar-refractivity contribution in [1.29, 1.82) is 5.26 Å². The highest BCUT2D eigenvalue weighted by molar-refractivity contribution is 7.99. The van der Waals surface area contributed by atoms with Crippen LogP contribution in [0.5, 0.6) is 0 Å². The van der Waals surface area contributed by atoms with Gasteiger partial charge in [-0.1, -0.05) is 6.08 Å². The zero-order chi connectivity index (χ0) is 13.4. The van der Waals surface area contributed by atoms with Crippen LogP contribution in [0.1, 0.15) is 11.1 Å². The third-order valence-corrected chi connectivity index (χ3v) is 3.19. The summed E-state index contributed by atoms with van der Waals surface area (Å²) in [5.41, 5.74) is -0.0296. The van der Waals surface area contributed by atoms with E-state index in [0.29, 0.717) is 6.54 Å². The van der Waals surface area contributed by atoms with E-state index in [1.165, 1.54) is 0 Å². The highest BCUT2D eigenvalue weighted by atomic mass is 32.2. The first kappa shape index (κ1) is 14.7. The Morgan fingerprint density at radius 2 is 2.06 bits per heavy atom. The van der Waals surface area contributed by atoms with E-state index >= 15 is 0 Å². The molecule has 0 aromatic heterocycles. The Morgan fingerprint density at radius 1 is 1.39 bits per heavy atom. The van der Waals surface area contributed by atoms with Crippen LogP contribution in [0, 0.1) is 23.0 Å². The maximum atomic E-state index is 13.5. The van der Waals surface area contributed by atoms with Gasteiger partial charge >= 0.3 is 0 Å². The van der Waals surface area contributed by atoms with Gasteiger partial charge in [0.1, 0.15) is 11.6 Å². The predicted octanol–water partition coefficient (Wildman–Crippen LogP) is 2.85. The van der Waals surface area contributed by atoms with Crippen LogP contribution in [-0.2, 0) is 6.54 Å². The van der Waals surface area contributed by atoms with E-state index in [2.05, 4.69) is 11.9 Å². The topological polar surface area (TPSA) is 35.8 Å². The summed E-state index contributed by atoms with van der Waals surface area (Å²) in [6, 6.07) is 3.81. The van der Waals surface area contributed by atoms with Crippen molar-refractivity contribution in [1.82, 2.24) is 5.32 Å². The second-order valence-electron chi connectivity index (χ2n) is 3.57. The van der Waals surface area contributed by atoms with Gasteiger partial charge in [-0.2, -0.15) is 17.0 Å². The third kappa shape index (κ3) is 4.47. The van der Waals surface area contributed by atoms with Crippen molar-refractivity contribution in [2.75, 3.05) is 18.1 Å². The molecule has 1 rings (SSSR count). The van der Waals surface area contributed by atoms with Crippen molar-refractivity contribution in [3.05, 3.63) is 47.5 Å². The maximum Gasteiger partial charge on any atom is 0.131 e. The molecule has 5 heteroatoms. The van der Waals surface area contributed by atoms with Gasteiger partial charge in [-0.25, -0.2) is 8.78 Å². The molecule has 0 aliphatic rings. The molecule has 0 atom stereocenters. The van der Waals surface area contributed by atoms with Crippen LogP contribution in [0.3, 0.4) is 0 Å². The molecule has 0 spiro atoms. The minimum Gasteiger partial charge on any atom is -0.312 e. The Morgan fingerprint density at radius 3 is 2.61 bits per heavy atom. The number of rotatable bonds is 7. The lowest BCUT2D eigenvalue weighted by Gasteiger charge is -2.07. The SMILES string of the molecule is C=CCSCCNCc1c(F)cc(C#N)cc1F. The Balaban J connectivity index is 2.48. The van der Waals surface area contributed by atoms with Crippen LogP contribution in [0.25, 0.3) is 0 Å². The molecule has 0 fully saturated rings. The van der Waals surface area contributed by atoms with E-state index in [1.807, 2.05) is 6.08 Å². The molecule has 1 N–H and O–H groups in total. The Bertz CT molecular complexity index is 432. The lowest BCUT2D eigenvalue weighted by molar-refractivity contribution is 0.539. The van der Waals surface area contributed by atoms with E-state index < -0.39 is 11.6 Å². The monoisotopic (exact) mass is 268 g/mol. The van der Waals surface area contributed by atoms with Gasteiger partial charge in [0.2, 0.25) is 0 Å². The lowest BCUT2D eigenvalue weighted by Crippen LogP contribution is -2.18. The van der Waals surface area contributed by atoms with Gasteiger partial charge in [-0.15, -0.1) is 6.58 Å². The fourth-order valence-corrected chi connectivity index (χ4v) is 1.98. The number of nitrogens with one attached hydrogen (secondary N) is 1. The average Bonchev–Trinajstić information content (AvgIpc) is 2.35. The molecule has 0 aliphatic heterocycles. The van der Waals surface area contributed by atoms with Crippen LogP contribution < -0.4 is 5.32 Å². The average molecular weight is 268 g/mol. The lowest BCUT2D eigenvalue weighted by atomic mass is 10.1. The molecular formula is C13H14F2N2S. The molecule has 0 saturated heterocycles. The van der Waals surface area contributed by atoms with Gasteiger partial charge in [0.15, 0.2) is 0 Å². The summed E-state index contributed by atoms with van der Waals surface area (Å²) in [5, 5.41) is 11.5. The van der Waals surface area contributed by atoms with Crippen molar-refractivity contribution < 1.29 is 8.78 Å². The molecule has 18 heavy (non-hydrogen) atoms. The summed E-state index contributed by atoms with van der Waals surface area (Å²) in [7, 11) is 0. The summed E-state index contributed by atoms with van der Waals surface area (Å²) >= 11 is 1.69. The van der Waals surface area contributed by atoms with E-state index in [0.717, 1.165) is 23.6 Å². The van der Waals surface area contributed by atoms with Crippen molar-refractivity contribution in [2.24, 2.45) is 0 Å². The van der Waals surface area contributed by atoms with Gasteiger partial charge < -0.3 is 5.32 Å². The van der Waals surface area contributed by atoms with Crippen LogP contribution >= 0.6 is 11.8 Å². The summed E-state index contributed by atoms with van der Waals surface area (Å²) in [6.07, 6.45) is 1.81. The maximum absolute atomic E-state index is 13.5. The second-order valence-corrected chi connectivity index (χ2v) is 4.72. The number of hydrogen-bond donors (Lipinski definition) is 1. The second kappa shape index (κ2) is 7.85. The molecule has 0 radical (unpaired) electrons. The largest absolute Gasteiger partial charge is 0.312 e. The van der Waals surface area contributed by atoms with Crippen molar-refractivity contribution in [3.63, 3.8) is 0 Å². The molecule has 1 aromatic carbocycles. The predicted molar refractivity (Wildman–Crippen MR) is 70.3 cm³/mol. The normalized spacial score (nSPS) is 10.1. The Kier molecular flexibility index (Phi) is 6.40. The number of nitriles is 1. The number of hydrogen-bond acceptors (Lipinski definition) is 3. The first-order valence-electron chi connectivity index (χ1n) is 5.46. The first-order valence-corrected chi connectivity index (χ1v) is 6.62. The molecule has 0 aliphatic carbocycles. The highest BCUT2D eigenvalue weighted by Crippen LogP contribution is 2.14. The number of nitrogens with zero attached hydrogens (tertiary/aromatic N) is 1. The zero-order valence-electron chi connectivity index (χ0n) is 9.88. The molecular weight excluding hydrogens is 254 g/mol. The minimum absolute atomic E-state index is 0.00436. The van der Waals surface area contributed by atoms with Gasteiger partial charge in [-0.3, -0.25) is 0 Å². The Hall–Kier alpha value is -1.38. The summed E-state index contributed by atoms with van der Waals surface area (Å²) in [4.78, 5) is 0. The van der Waals surface area contributed by atoms with Gasteiger partial charge in [0.05, 0.1) is 11.6 Å². The number of halogens is 2. The van der Waals surface area contributed by atoms with Crippen LogP contribution in [-0.4, -0.2) is 18.1 Å². The van der Waals surface area contributed by atoms with Crippen LogP contribution in [0.2, 0.25) is 0 Å². The van der Waals surface area contributed by atoms with E-state index in [-0.39, 0.29) is 17.7 Å². The van der Waals surface area contributed by atoms with E-state index in [9.17, 15) is 8.78 Å². The number of thioether (sulfide) groups is 1. The van der Waals surface area contributed by atoms with Crippen molar-refractivity contribution in [3.8, 4) is 6.07 Å². The molecule has 0 amide bonds. The van der Waals surface area contributed by atoms with Crippen molar-refractivity contribution >= 4 is 11.8 Å². The fraction of sp³-hybridized carbons (Fsp3) is 0.308. The standard InChI is InChI=1S/C13H14F2N2S/c1-2-4-18-5-3-17-9-11-12(14)6-10(8-16)7-13(11)15/h2,6-7,17H,1,3-5,9H2. The van der Waals surface area contributed by atoms with Crippen molar-refractivity contribution in [2.45, 2.75) is 6.54 Å². The molecule has 96 valence electrons. The molecule has 0 unspecified atom stereocenters.